The van der Waals surface area contributed by atoms with Crippen LogP contribution in [-0.2, 0) is 42.7 Å². The first kappa shape index (κ1) is 140. The van der Waals surface area contributed by atoms with Crippen LogP contribution in [0.15, 0.2) is 0 Å². The lowest BCUT2D eigenvalue weighted by Crippen LogP contribution is -2.49. The number of carbonyl (C=O) groups is 2. The van der Waals surface area contributed by atoms with Crippen LogP contribution in [0, 0.1) is 50.8 Å². The van der Waals surface area contributed by atoms with Crippen molar-refractivity contribution >= 4 is 11.8 Å². The van der Waals surface area contributed by atoms with Crippen molar-refractivity contribution in [3.05, 3.63) is 0 Å². The van der Waals surface area contributed by atoms with Gasteiger partial charge in [-0.05, 0) is 323 Å². The van der Waals surface area contributed by atoms with E-state index in [4.69, 9.17) is 33.2 Å². The highest BCUT2D eigenvalue weighted by atomic mass is 16.5. The van der Waals surface area contributed by atoms with Crippen LogP contribution >= 0.6 is 0 Å². The summed E-state index contributed by atoms with van der Waals surface area (Å²) in [5.41, 5.74) is 1.94. The minimum atomic E-state index is -0.175. The average molecular weight is 1980 g/mol. The summed E-state index contributed by atoms with van der Waals surface area (Å²) in [4.78, 5) is 53.9. The molecule has 23 nitrogen and oxygen atoms in total. The predicted octanol–water partition coefficient (Wildman–Crippen LogP) is 20.2. The highest BCUT2D eigenvalue weighted by Crippen LogP contribution is 2.26. The molecule has 6 saturated heterocycles. The molecule has 0 aromatic carbocycles. The Kier molecular flexibility index (Phi) is 69.5. The number of hydrogen-bond donors (Lipinski definition) is 2. The van der Waals surface area contributed by atoms with Crippen molar-refractivity contribution in [2.75, 3.05) is 282 Å². The van der Waals surface area contributed by atoms with E-state index < -0.39 is 0 Å². The number of nitrogens with one attached hydrogen (secondary N) is 2. The number of hydrogen-bond acceptors (Lipinski definition) is 21. The Bertz CT molecular complexity index is 3020. The third-order valence-corrected chi connectivity index (χ3v) is 23.7. The van der Waals surface area contributed by atoms with Gasteiger partial charge in [0.15, 0.2) is 0 Å². The lowest BCUT2D eigenvalue weighted by Gasteiger charge is -2.36. The second-order valence-corrected chi connectivity index (χ2v) is 54.5. The van der Waals surface area contributed by atoms with E-state index >= 15 is 0 Å². The molecule has 0 aromatic rings. The zero-order chi connectivity index (χ0) is 105. The van der Waals surface area contributed by atoms with Gasteiger partial charge in [0, 0.05) is 201 Å². The summed E-state index contributed by atoms with van der Waals surface area (Å²) in [5, 5.41) is 7.16. The maximum absolute atomic E-state index is 12.2. The number of piperazine rings is 4. The molecule has 828 valence electrons. The Morgan fingerprint density at radius 2 is 0.410 bits per heavy atom. The molecule has 0 spiro atoms. The topological polar surface area (TPSA) is 162 Å². The maximum atomic E-state index is 12.2. The average Bonchev–Trinajstić information content (AvgIpc) is 0.960. The maximum Gasteiger partial charge on any atom is 0.224 e. The first-order valence-electron chi connectivity index (χ1n) is 54.2. The quantitative estimate of drug-likeness (QED) is 0.0596. The number of ether oxygens (including phenoxy) is 7. The summed E-state index contributed by atoms with van der Waals surface area (Å²) in [7, 11) is 0. The zero-order valence-corrected chi connectivity index (χ0v) is 98.8. The third kappa shape index (κ3) is 94.7. The van der Waals surface area contributed by atoms with Crippen LogP contribution in [0.3, 0.4) is 0 Å². The Morgan fingerprint density at radius 3 is 0.633 bits per heavy atom. The second-order valence-electron chi connectivity index (χ2n) is 54.5. The van der Waals surface area contributed by atoms with Crippen LogP contribution in [0.2, 0.25) is 0 Å². The van der Waals surface area contributed by atoms with E-state index in [0.29, 0.717) is 60.2 Å². The van der Waals surface area contributed by atoms with Crippen molar-refractivity contribution in [3.63, 3.8) is 0 Å². The lowest BCUT2D eigenvalue weighted by molar-refractivity contribution is -0.135. The molecule has 0 saturated carbocycles. The molecule has 6 aliphatic rings. The van der Waals surface area contributed by atoms with E-state index in [1.807, 2.05) is 72.1 Å². The number of amides is 2. The first-order chi connectivity index (χ1) is 62.5. The fourth-order valence-electron chi connectivity index (χ4n) is 14.8. The molecule has 0 unspecified atom stereocenters. The molecule has 0 aliphatic carbocycles. The fourth-order valence-corrected chi connectivity index (χ4v) is 14.8. The van der Waals surface area contributed by atoms with Gasteiger partial charge in [0.05, 0.1) is 78.7 Å². The van der Waals surface area contributed by atoms with Crippen LogP contribution in [-0.4, -0.2) is 403 Å². The molecule has 0 atom stereocenters. The second kappa shape index (κ2) is 68.8. The Hall–Kier alpha value is -2.70. The van der Waals surface area contributed by atoms with Crippen LogP contribution in [0.25, 0.3) is 0 Å². The summed E-state index contributed by atoms with van der Waals surface area (Å²) in [6.07, 6.45) is 9.92. The highest BCUT2D eigenvalue weighted by molar-refractivity contribution is 5.76. The van der Waals surface area contributed by atoms with E-state index in [9.17, 15) is 9.59 Å². The molecule has 6 heterocycles. The van der Waals surface area contributed by atoms with Gasteiger partial charge in [-0.1, -0.05) is 131 Å². The molecule has 6 fully saturated rings. The Labute approximate surface area is 865 Å². The largest absolute Gasteiger partial charge is 0.375 e. The molecule has 139 heavy (non-hydrogen) atoms. The van der Waals surface area contributed by atoms with Gasteiger partial charge >= 0.3 is 0 Å². The molecule has 23 heteroatoms. The monoisotopic (exact) mass is 1970 g/mol. The van der Waals surface area contributed by atoms with Gasteiger partial charge in [-0.3, -0.25) is 34.1 Å². The molecule has 0 aromatic heterocycles. The van der Waals surface area contributed by atoms with Crippen molar-refractivity contribution in [1.29, 1.82) is 0 Å². The highest BCUT2D eigenvalue weighted by Gasteiger charge is 2.29. The summed E-state index contributed by atoms with van der Waals surface area (Å²) in [6.45, 7) is 136. The van der Waals surface area contributed by atoms with E-state index in [2.05, 4.69) is 312 Å². The van der Waals surface area contributed by atoms with E-state index in [1.54, 1.807) is 0 Å². The lowest BCUT2D eigenvalue weighted by atomic mass is 9.90. The normalized spacial score (nSPS) is 18.1. The van der Waals surface area contributed by atoms with Crippen molar-refractivity contribution in [2.24, 2.45) is 27.1 Å². The van der Waals surface area contributed by atoms with Gasteiger partial charge in [0.1, 0.15) is 13.2 Å². The smallest absolute Gasteiger partial charge is 0.224 e. The first-order valence-corrected chi connectivity index (χ1v) is 54.2. The molecule has 2 N–H and O–H groups in total. The summed E-state index contributed by atoms with van der Waals surface area (Å²) >= 11 is 0. The molecule has 2 amide bonds. The van der Waals surface area contributed by atoms with Crippen LogP contribution in [0.5, 0.6) is 0 Å². The van der Waals surface area contributed by atoms with Crippen LogP contribution < -0.4 is 10.6 Å². The van der Waals surface area contributed by atoms with Gasteiger partial charge < -0.3 is 78.1 Å². The predicted molar refractivity (Wildman–Crippen MR) is 601 cm³/mol. The summed E-state index contributed by atoms with van der Waals surface area (Å²) < 4.78 is 39.6. The molecule has 0 bridgehead atoms. The van der Waals surface area contributed by atoms with Gasteiger partial charge in [-0.2, -0.15) is 0 Å². The van der Waals surface area contributed by atoms with Gasteiger partial charge in [0.2, 0.25) is 11.8 Å². The van der Waals surface area contributed by atoms with Crippen LogP contribution in [0.1, 0.15) is 363 Å². The zero-order valence-electron chi connectivity index (χ0n) is 98.8. The van der Waals surface area contributed by atoms with Crippen molar-refractivity contribution in [2.45, 2.75) is 414 Å². The van der Waals surface area contributed by atoms with Crippen LogP contribution in [0.4, 0.5) is 0 Å². The summed E-state index contributed by atoms with van der Waals surface area (Å²) in [6, 6.07) is 0. The van der Waals surface area contributed by atoms with E-state index in [1.165, 1.54) is 183 Å². The number of carbonyl (C=O) groups excluding carboxylic acids is 2. The Morgan fingerprint density at radius 1 is 0.223 bits per heavy atom. The minimum absolute atomic E-state index is 0. The minimum Gasteiger partial charge on any atom is -0.375 e. The standard InChI is InChI=1S/C17H37N3.C17H34N2O3.C17H34N2O2.C17H36N2O.C16H35N3.C16H34N2O.C14H22O2.2CH4/c1-16(2,3)8-12-19-10-7-11-20(15-14-19)13-9-18-17(4,5)6;1-16(2,3)21-13-7-15(20)19-10-8-18(9-11-19)12-14-22-17(4,5)6;1-16(2,3)8-7-15(20)19-11-9-18(10-12-19)13-14-21-17(4,5)6;1-16(2,3)8-11-18-9-7-10-19(13-12-18)14-15-20-17(4,5)6;1-15(2,3)7-9-18-11-13-19(14-12-18)10-8-17-16(4,5)6;1-15(2,3)7-8-17-9-11-18(12-10-17)13-14-19-16(4,5)6;1-13(2,3)15-11-9-7-8-10-12-16-14(4,5)6;;/h18H,7-15H2,1-6H3;7-14H2,1-6H3;7-14H2,1-6H3;7-15H2,1-6H3;17H,7-14H2,1-6H3;7-14H2,1-6H3;11-12H2,1-6H3;2*1H4. The molecule has 0 radical (unpaired) electrons. The number of rotatable bonds is 33. The van der Waals surface area contributed by atoms with Crippen molar-refractivity contribution < 1.29 is 42.7 Å². The molecular formula is C116H240N14O9. The van der Waals surface area contributed by atoms with Gasteiger partial charge in [0.25, 0.3) is 0 Å². The number of nitrogens with zero attached hydrogens (tertiary/aromatic N) is 12. The van der Waals surface area contributed by atoms with Crippen molar-refractivity contribution in [3.8, 4) is 23.7 Å². The third-order valence-electron chi connectivity index (χ3n) is 23.7. The van der Waals surface area contributed by atoms with Gasteiger partial charge in [-0.15, -0.1) is 0 Å². The van der Waals surface area contributed by atoms with E-state index in [0.717, 1.165) is 124 Å². The molecule has 6 rings (SSSR count). The van der Waals surface area contributed by atoms with E-state index in [-0.39, 0.29) is 76.5 Å². The van der Waals surface area contributed by atoms with Crippen molar-refractivity contribution in [1.82, 2.24) is 69.4 Å². The molecular weight excluding hydrogens is 1730 g/mol. The summed E-state index contributed by atoms with van der Waals surface area (Å²) in [5.74, 6) is 11.7. The fraction of sp³-hybridized carbons (Fsp3) is 0.948. The molecule has 6 aliphatic heterocycles. The Balaban J connectivity index is -0.00000155. The van der Waals surface area contributed by atoms with Gasteiger partial charge in [-0.25, -0.2) is 0 Å². The SMILES string of the molecule is C.C.CC(C)(C)CCC(=O)N1CCN(CCOC(C)(C)C)CC1.CC(C)(C)CCN1CCCN(CCNC(C)(C)C)CC1.CC(C)(C)CCN1CCCN(CCOC(C)(C)C)CC1.CC(C)(C)CCN1CCN(CCNC(C)(C)C)CC1.CC(C)(C)CCN1CCN(CCOC(C)(C)C)CC1.CC(C)(C)OCC#CC#CCOC(C)(C)C.CC(C)(C)OCCC(=O)N1CCN(CCOC(C)(C)C)CC1.